The van der Waals surface area contributed by atoms with Crippen LogP contribution in [0.5, 0.6) is 0 Å². The van der Waals surface area contributed by atoms with Gasteiger partial charge in [0.25, 0.3) is 0 Å². The molecule has 0 N–H and O–H groups in total. The zero-order chi connectivity index (χ0) is 23.0. The summed E-state index contributed by atoms with van der Waals surface area (Å²) in [5.74, 6) is 0.608. The van der Waals surface area contributed by atoms with E-state index >= 15 is 0 Å². The predicted octanol–water partition coefficient (Wildman–Crippen LogP) is 5.52. The van der Waals surface area contributed by atoms with Crippen LogP contribution in [0.25, 0.3) is 0 Å². The number of rotatable bonds is 10. The maximum atomic E-state index is 12.7. The maximum absolute atomic E-state index is 12.7. The van der Waals surface area contributed by atoms with E-state index in [0.29, 0.717) is 18.0 Å². The van der Waals surface area contributed by atoms with Crippen molar-refractivity contribution in [2.75, 3.05) is 7.11 Å². The summed E-state index contributed by atoms with van der Waals surface area (Å²) in [4.78, 5) is 22.0. The molecule has 0 unspecified atom stereocenters. The second-order valence-corrected chi connectivity index (χ2v) is 8.47. The molecule has 6 heteroatoms. The standard InChI is InChI=1S/C26H30ClN3O2/c1-4-5-15-24-28-17-22(30(24)19-21-13-9-10-14-23(21)27)18-29-26(2,25(31)32-3)16-20-11-7-6-8-12-20/h6-14,17-18H,4-5,15-16,19H2,1-3H3/t26-/m0/s1. The number of nitrogens with zero attached hydrogens (tertiary/aromatic N) is 3. The van der Waals surface area contributed by atoms with Gasteiger partial charge in [0.2, 0.25) is 0 Å². The van der Waals surface area contributed by atoms with Crippen molar-refractivity contribution in [3.8, 4) is 0 Å². The van der Waals surface area contributed by atoms with Crippen molar-refractivity contribution >= 4 is 23.8 Å². The minimum atomic E-state index is -1.04. The molecular weight excluding hydrogens is 422 g/mol. The first kappa shape index (κ1) is 23.7. The lowest BCUT2D eigenvalue weighted by Crippen LogP contribution is -2.37. The molecule has 0 radical (unpaired) electrons. The molecule has 0 fully saturated rings. The molecule has 168 valence electrons. The van der Waals surface area contributed by atoms with E-state index in [-0.39, 0.29) is 5.97 Å². The van der Waals surface area contributed by atoms with Crippen LogP contribution in [-0.2, 0) is 28.9 Å². The lowest BCUT2D eigenvalue weighted by molar-refractivity contribution is -0.146. The monoisotopic (exact) mass is 451 g/mol. The van der Waals surface area contributed by atoms with Gasteiger partial charge in [-0.3, -0.25) is 4.99 Å². The van der Waals surface area contributed by atoms with Crippen molar-refractivity contribution in [2.24, 2.45) is 4.99 Å². The van der Waals surface area contributed by atoms with Gasteiger partial charge in [-0.1, -0.05) is 73.5 Å². The summed E-state index contributed by atoms with van der Waals surface area (Å²) in [5, 5.41) is 0.717. The third-order valence-electron chi connectivity index (χ3n) is 5.51. The molecule has 0 amide bonds. The summed E-state index contributed by atoms with van der Waals surface area (Å²) >= 11 is 6.42. The van der Waals surface area contributed by atoms with Crippen molar-refractivity contribution in [2.45, 2.75) is 51.6 Å². The zero-order valence-electron chi connectivity index (χ0n) is 18.9. The highest BCUT2D eigenvalue weighted by Gasteiger charge is 2.33. The molecule has 1 aromatic heterocycles. The molecule has 0 aliphatic rings. The Hall–Kier alpha value is -2.92. The second kappa shape index (κ2) is 11.1. The van der Waals surface area contributed by atoms with Crippen LogP contribution in [0.3, 0.4) is 0 Å². The van der Waals surface area contributed by atoms with Crippen LogP contribution in [0.15, 0.2) is 65.8 Å². The van der Waals surface area contributed by atoms with Gasteiger partial charge < -0.3 is 9.30 Å². The number of methoxy groups -OCH3 is 1. The lowest BCUT2D eigenvalue weighted by Gasteiger charge is -2.22. The molecule has 3 rings (SSSR count). The number of unbranched alkanes of at least 4 members (excludes halogenated alkanes) is 1. The third kappa shape index (κ3) is 5.86. The van der Waals surface area contributed by atoms with Crippen LogP contribution in [0.2, 0.25) is 5.02 Å². The molecule has 0 aliphatic carbocycles. The molecule has 3 aromatic rings. The summed E-state index contributed by atoms with van der Waals surface area (Å²) in [6, 6.07) is 17.6. The van der Waals surface area contributed by atoms with Crippen LogP contribution < -0.4 is 0 Å². The largest absolute Gasteiger partial charge is 0.467 e. The second-order valence-electron chi connectivity index (χ2n) is 8.07. The SMILES string of the molecule is CCCCc1ncc(C=N[C@@](C)(Cc2ccccc2)C(=O)OC)n1Cc1ccccc1Cl. The number of hydrogen-bond donors (Lipinski definition) is 0. The normalized spacial score (nSPS) is 13.2. The fourth-order valence-electron chi connectivity index (χ4n) is 3.64. The molecule has 0 saturated heterocycles. The van der Waals surface area contributed by atoms with E-state index in [0.717, 1.165) is 41.9 Å². The molecule has 1 atom stereocenters. The van der Waals surface area contributed by atoms with Gasteiger partial charge in [0.1, 0.15) is 5.82 Å². The van der Waals surface area contributed by atoms with E-state index < -0.39 is 5.54 Å². The number of imidazole rings is 1. The van der Waals surface area contributed by atoms with Gasteiger partial charge >= 0.3 is 5.97 Å². The number of carbonyl (C=O) groups is 1. The highest BCUT2D eigenvalue weighted by Crippen LogP contribution is 2.22. The summed E-state index contributed by atoms with van der Waals surface area (Å²) in [6.07, 6.45) is 6.99. The summed E-state index contributed by atoms with van der Waals surface area (Å²) in [6.45, 7) is 4.55. The van der Waals surface area contributed by atoms with Crippen LogP contribution in [0.4, 0.5) is 0 Å². The molecule has 32 heavy (non-hydrogen) atoms. The van der Waals surface area contributed by atoms with Crippen molar-refractivity contribution in [3.63, 3.8) is 0 Å². The number of aliphatic imine (C=N–C) groups is 1. The topological polar surface area (TPSA) is 56.5 Å². The number of aromatic nitrogens is 2. The molecule has 0 saturated carbocycles. The number of benzene rings is 2. The van der Waals surface area contributed by atoms with Gasteiger partial charge in [-0.15, -0.1) is 0 Å². The maximum Gasteiger partial charge on any atom is 0.333 e. The van der Waals surface area contributed by atoms with Crippen LogP contribution in [0.1, 0.15) is 49.3 Å². The van der Waals surface area contributed by atoms with E-state index in [9.17, 15) is 4.79 Å². The average Bonchev–Trinajstić information content (AvgIpc) is 3.19. The molecule has 2 aromatic carbocycles. The lowest BCUT2D eigenvalue weighted by atomic mass is 9.93. The number of esters is 1. The molecule has 5 nitrogen and oxygen atoms in total. The van der Waals surface area contributed by atoms with Gasteiger partial charge in [0, 0.05) is 24.1 Å². The smallest absolute Gasteiger partial charge is 0.333 e. The molecule has 1 heterocycles. The fourth-order valence-corrected chi connectivity index (χ4v) is 3.83. The number of ether oxygens (including phenoxy) is 1. The summed E-state index contributed by atoms with van der Waals surface area (Å²) in [5.41, 5.74) is 1.82. The van der Waals surface area contributed by atoms with Gasteiger partial charge in [-0.25, -0.2) is 9.78 Å². The number of carbonyl (C=O) groups excluding carboxylic acids is 1. The van der Waals surface area contributed by atoms with Crippen molar-refractivity contribution in [1.82, 2.24) is 9.55 Å². The van der Waals surface area contributed by atoms with Crippen molar-refractivity contribution in [3.05, 3.63) is 88.5 Å². The Morgan fingerprint density at radius 2 is 1.91 bits per heavy atom. The quantitative estimate of drug-likeness (QED) is 0.301. The van der Waals surface area contributed by atoms with Gasteiger partial charge in [-0.2, -0.15) is 0 Å². The highest BCUT2D eigenvalue weighted by atomic mass is 35.5. The summed E-state index contributed by atoms with van der Waals surface area (Å²) < 4.78 is 7.21. The number of halogens is 1. The highest BCUT2D eigenvalue weighted by molar-refractivity contribution is 6.31. The first-order valence-electron chi connectivity index (χ1n) is 10.9. The Bertz CT molecular complexity index is 1060. The average molecular weight is 452 g/mol. The molecule has 0 bridgehead atoms. The molecular formula is C26H30ClN3O2. The number of hydrogen-bond acceptors (Lipinski definition) is 4. The number of aryl methyl sites for hydroxylation is 1. The minimum absolute atomic E-state index is 0.374. The Morgan fingerprint density at radius 3 is 2.59 bits per heavy atom. The predicted molar refractivity (Wildman–Crippen MR) is 130 cm³/mol. The Balaban J connectivity index is 1.95. The van der Waals surface area contributed by atoms with Crippen LogP contribution in [0, 0.1) is 0 Å². The fraction of sp³-hybridized carbons (Fsp3) is 0.346. The molecule has 0 aliphatic heterocycles. The van der Waals surface area contributed by atoms with Crippen LogP contribution >= 0.6 is 11.6 Å². The molecule has 0 spiro atoms. The van der Waals surface area contributed by atoms with E-state index in [1.807, 2.05) is 60.8 Å². The van der Waals surface area contributed by atoms with E-state index in [2.05, 4.69) is 16.5 Å². The Morgan fingerprint density at radius 1 is 1.19 bits per heavy atom. The third-order valence-corrected chi connectivity index (χ3v) is 5.88. The van der Waals surface area contributed by atoms with Gasteiger partial charge in [-0.05, 0) is 30.5 Å². The van der Waals surface area contributed by atoms with Crippen LogP contribution in [-0.4, -0.2) is 34.4 Å². The van der Waals surface area contributed by atoms with E-state index in [1.165, 1.54) is 7.11 Å². The van der Waals surface area contributed by atoms with Crippen molar-refractivity contribution in [1.29, 1.82) is 0 Å². The Kier molecular flexibility index (Phi) is 8.23. The van der Waals surface area contributed by atoms with Crippen molar-refractivity contribution < 1.29 is 9.53 Å². The zero-order valence-corrected chi connectivity index (χ0v) is 19.7. The van der Waals surface area contributed by atoms with E-state index in [4.69, 9.17) is 21.3 Å². The van der Waals surface area contributed by atoms with E-state index in [1.54, 1.807) is 13.1 Å². The van der Waals surface area contributed by atoms with Gasteiger partial charge in [0.05, 0.1) is 25.5 Å². The van der Waals surface area contributed by atoms with Gasteiger partial charge in [0.15, 0.2) is 5.54 Å². The minimum Gasteiger partial charge on any atom is -0.467 e. The summed E-state index contributed by atoms with van der Waals surface area (Å²) in [7, 11) is 1.39. The first-order chi connectivity index (χ1) is 15.5. The first-order valence-corrected chi connectivity index (χ1v) is 11.3. The Labute approximate surface area is 195 Å².